The van der Waals surface area contributed by atoms with E-state index in [0.717, 1.165) is 23.3 Å². The van der Waals surface area contributed by atoms with Crippen molar-refractivity contribution in [1.82, 2.24) is 4.98 Å². The lowest BCUT2D eigenvalue weighted by molar-refractivity contribution is -0.139. The van der Waals surface area contributed by atoms with Gasteiger partial charge in [0.15, 0.2) is 6.61 Å². The Hall–Kier alpha value is -3.99. The zero-order valence-corrected chi connectivity index (χ0v) is 17.8. The lowest BCUT2D eigenvalue weighted by Crippen LogP contribution is -2.24. The van der Waals surface area contributed by atoms with E-state index in [1.54, 1.807) is 24.3 Å². The monoisotopic (exact) mass is 454 g/mol. The second kappa shape index (κ2) is 10.1. The van der Waals surface area contributed by atoms with E-state index >= 15 is 0 Å². The summed E-state index contributed by atoms with van der Waals surface area (Å²) < 4.78 is 43.8. The molecular weight excluding hydrogens is 433 g/mol. The minimum atomic E-state index is -4.40. The maximum atomic E-state index is 12.8. The highest BCUT2D eigenvalue weighted by molar-refractivity contribution is 5.68. The summed E-state index contributed by atoms with van der Waals surface area (Å²) >= 11 is 0. The van der Waals surface area contributed by atoms with Crippen molar-refractivity contribution in [3.8, 4) is 29.4 Å². The first kappa shape index (κ1) is 23.7. The van der Waals surface area contributed by atoms with Gasteiger partial charge in [-0.05, 0) is 48.4 Å². The molecule has 1 heterocycles. The maximum absolute atomic E-state index is 12.8. The van der Waals surface area contributed by atoms with Crippen LogP contribution in [-0.2, 0) is 17.5 Å². The Morgan fingerprint density at radius 3 is 2.48 bits per heavy atom. The highest BCUT2D eigenvalue weighted by Gasteiger charge is 2.30. The molecule has 170 valence electrons. The molecule has 0 unspecified atom stereocenters. The lowest BCUT2D eigenvalue weighted by atomic mass is 10.1. The number of aliphatic carboxylic acids is 1. The quantitative estimate of drug-likeness (QED) is 0.476. The number of aromatic nitrogens is 1. The van der Waals surface area contributed by atoms with Crippen molar-refractivity contribution < 1.29 is 27.8 Å². The molecule has 0 fully saturated rings. The van der Waals surface area contributed by atoms with Crippen LogP contribution in [-0.4, -0.2) is 29.2 Å². The molecule has 5 nitrogen and oxygen atoms in total. The zero-order chi connectivity index (χ0) is 24.0. The number of alkyl halides is 3. The van der Waals surface area contributed by atoms with Crippen molar-refractivity contribution in [2.45, 2.75) is 19.6 Å². The average Bonchev–Trinajstić information content (AvgIpc) is 2.78. The highest BCUT2D eigenvalue weighted by Crippen LogP contribution is 2.31. The minimum Gasteiger partial charge on any atom is -0.482 e. The van der Waals surface area contributed by atoms with Crippen LogP contribution in [0.1, 0.15) is 16.7 Å². The van der Waals surface area contributed by atoms with E-state index in [9.17, 15) is 18.0 Å². The molecule has 2 aromatic carbocycles. The zero-order valence-electron chi connectivity index (χ0n) is 17.8. The molecule has 3 rings (SSSR count). The highest BCUT2D eigenvalue weighted by atomic mass is 19.4. The number of aryl methyl sites for hydroxylation is 1. The number of terminal acetylenes is 1. The molecule has 0 saturated carbocycles. The third kappa shape index (κ3) is 6.26. The molecule has 0 bridgehead atoms. The predicted octanol–water partition coefficient (Wildman–Crippen LogP) is 5.18. The van der Waals surface area contributed by atoms with E-state index in [4.69, 9.17) is 16.3 Å². The Balaban J connectivity index is 1.82. The molecule has 0 aliphatic carbocycles. The van der Waals surface area contributed by atoms with E-state index in [2.05, 4.69) is 10.9 Å². The fourth-order valence-electron chi connectivity index (χ4n) is 3.25. The van der Waals surface area contributed by atoms with Crippen LogP contribution in [0.15, 0.2) is 60.7 Å². The smallest absolute Gasteiger partial charge is 0.416 e. The fourth-order valence-corrected chi connectivity index (χ4v) is 3.25. The molecule has 8 heteroatoms. The Labute approximate surface area is 189 Å². The third-order valence-corrected chi connectivity index (χ3v) is 4.81. The summed E-state index contributed by atoms with van der Waals surface area (Å²) in [7, 11) is 0. The number of anilines is 1. The number of hydrogen-bond acceptors (Lipinski definition) is 4. The Bertz CT molecular complexity index is 1170. The van der Waals surface area contributed by atoms with Gasteiger partial charge in [0, 0.05) is 12.1 Å². The van der Waals surface area contributed by atoms with Crippen LogP contribution in [0.4, 0.5) is 19.0 Å². The summed E-state index contributed by atoms with van der Waals surface area (Å²) in [5.74, 6) is 2.60. The van der Waals surface area contributed by atoms with Gasteiger partial charge in [0.05, 0.1) is 17.8 Å². The van der Waals surface area contributed by atoms with Gasteiger partial charge in [-0.2, -0.15) is 13.2 Å². The number of carbonyl (C=O) groups is 1. The maximum Gasteiger partial charge on any atom is 0.416 e. The number of hydrogen-bond donors (Lipinski definition) is 1. The van der Waals surface area contributed by atoms with Crippen LogP contribution < -0.4 is 9.64 Å². The molecule has 3 aromatic rings. The van der Waals surface area contributed by atoms with Crippen LogP contribution in [0.3, 0.4) is 0 Å². The number of halogens is 3. The van der Waals surface area contributed by atoms with Crippen molar-refractivity contribution >= 4 is 11.8 Å². The van der Waals surface area contributed by atoms with Gasteiger partial charge in [-0.1, -0.05) is 36.3 Å². The molecule has 0 aliphatic rings. The summed E-state index contributed by atoms with van der Waals surface area (Å²) in [6.45, 7) is 2.08. The first-order valence-corrected chi connectivity index (χ1v) is 9.94. The van der Waals surface area contributed by atoms with Gasteiger partial charge in [-0.3, -0.25) is 0 Å². The largest absolute Gasteiger partial charge is 0.482 e. The van der Waals surface area contributed by atoms with Crippen LogP contribution in [0.2, 0.25) is 0 Å². The van der Waals surface area contributed by atoms with Gasteiger partial charge in [-0.15, -0.1) is 6.42 Å². The fraction of sp³-hybridized carbons (Fsp3) is 0.200. The van der Waals surface area contributed by atoms with E-state index in [1.165, 1.54) is 12.1 Å². The van der Waals surface area contributed by atoms with Gasteiger partial charge >= 0.3 is 12.1 Å². The number of carboxylic acids is 1. The number of nitrogens with zero attached hydrogens (tertiary/aromatic N) is 2. The molecule has 0 atom stereocenters. The van der Waals surface area contributed by atoms with E-state index in [1.807, 2.05) is 24.0 Å². The molecular formula is C25H21F3N2O3. The molecule has 0 amide bonds. The third-order valence-electron chi connectivity index (χ3n) is 4.81. The van der Waals surface area contributed by atoms with Crippen molar-refractivity contribution in [3.05, 3.63) is 77.4 Å². The Kier molecular flexibility index (Phi) is 7.23. The van der Waals surface area contributed by atoms with Crippen LogP contribution in [0.5, 0.6) is 5.75 Å². The predicted molar refractivity (Wildman–Crippen MR) is 119 cm³/mol. The van der Waals surface area contributed by atoms with Gasteiger partial charge in [-0.25, -0.2) is 9.78 Å². The number of carboxylic acid groups (broad SMARTS) is 1. The Morgan fingerprint density at radius 2 is 1.88 bits per heavy atom. The van der Waals surface area contributed by atoms with Crippen molar-refractivity contribution in [2.24, 2.45) is 0 Å². The van der Waals surface area contributed by atoms with E-state index < -0.39 is 24.3 Å². The minimum absolute atomic E-state index is 0.264. The van der Waals surface area contributed by atoms with Crippen LogP contribution >= 0.6 is 0 Å². The number of pyridine rings is 1. The second-order valence-corrected chi connectivity index (χ2v) is 7.30. The number of ether oxygens (including phenoxy) is 1. The molecule has 0 saturated heterocycles. The first-order valence-electron chi connectivity index (χ1n) is 9.94. The van der Waals surface area contributed by atoms with Crippen LogP contribution in [0, 0.1) is 19.3 Å². The van der Waals surface area contributed by atoms with Crippen molar-refractivity contribution in [3.63, 3.8) is 0 Å². The SMILES string of the molecule is C#CCN(Cc1ccc(OCC(=O)O)c(C)c1)c1cccc(-c2ccc(C(F)(F)F)cc2)n1. The van der Waals surface area contributed by atoms with Gasteiger partial charge in [0.25, 0.3) is 0 Å². The van der Waals surface area contributed by atoms with Crippen LogP contribution in [0.25, 0.3) is 11.3 Å². The van der Waals surface area contributed by atoms with Gasteiger partial charge in [0.2, 0.25) is 0 Å². The normalized spacial score (nSPS) is 11.0. The topological polar surface area (TPSA) is 62.7 Å². The first-order chi connectivity index (χ1) is 15.7. The number of benzene rings is 2. The summed E-state index contributed by atoms with van der Waals surface area (Å²) in [6, 6.07) is 15.5. The van der Waals surface area contributed by atoms with Crippen molar-refractivity contribution in [1.29, 1.82) is 0 Å². The number of rotatable bonds is 8. The molecule has 1 N–H and O–H groups in total. The average molecular weight is 454 g/mol. The molecule has 33 heavy (non-hydrogen) atoms. The Morgan fingerprint density at radius 1 is 1.15 bits per heavy atom. The van der Waals surface area contributed by atoms with Gasteiger partial charge in [0.1, 0.15) is 11.6 Å². The summed E-state index contributed by atoms with van der Waals surface area (Å²) in [4.78, 5) is 17.2. The van der Waals surface area contributed by atoms with E-state index in [-0.39, 0.29) is 6.54 Å². The summed E-state index contributed by atoms with van der Waals surface area (Å²) in [5, 5.41) is 8.77. The molecule has 0 radical (unpaired) electrons. The summed E-state index contributed by atoms with van der Waals surface area (Å²) in [6.07, 6.45) is 1.15. The standard InChI is InChI=1S/C25H21F3N2O3/c1-3-13-30(15-18-7-12-22(17(2)14-18)33-16-24(31)32)23-6-4-5-21(29-23)19-8-10-20(11-9-19)25(26,27)28/h1,4-12,14H,13,15-16H2,2H3,(H,31,32). The summed E-state index contributed by atoms with van der Waals surface area (Å²) in [5.41, 5.74) is 2.05. The van der Waals surface area contributed by atoms with E-state index in [0.29, 0.717) is 29.4 Å². The van der Waals surface area contributed by atoms with Crippen molar-refractivity contribution in [2.75, 3.05) is 18.1 Å². The molecule has 0 spiro atoms. The molecule has 1 aromatic heterocycles. The second-order valence-electron chi connectivity index (χ2n) is 7.30. The lowest BCUT2D eigenvalue weighted by Gasteiger charge is -2.22. The van der Waals surface area contributed by atoms with Gasteiger partial charge < -0.3 is 14.7 Å². The molecule has 0 aliphatic heterocycles.